The third-order valence-corrected chi connectivity index (χ3v) is 21.6. The molecule has 0 spiro atoms. The van der Waals surface area contributed by atoms with Gasteiger partial charge in [0.05, 0.1) is 61.1 Å². The van der Waals surface area contributed by atoms with Crippen molar-refractivity contribution in [1.82, 2.24) is 103 Å². The second kappa shape index (κ2) is 42.1. The van der Waals surface area contributed by atoms with Crippen molar-refractivity contribution in [3.63, 3.8) is 0 Å². The van der Waals surface area contributed by atoms with Gasteiger partial charge in [0.15, 0.2) is 6.04 Å². The van der Waals surface area contributed by atoms with Crippen molar-refractivity contribution in [2.24, 2.45) is 17.2 Å². The highest BCUT2D eigenvalue weighted by molar-refractivity contribution is 7.98. The van der Waals surface area contributed by atoms with Crippen LogP contribution in [-0.4, -0.2) is 245 Å². The number of nitrogens with two attached hydrogens (primary N) is 3. The lowest BCUT2D eigenvalue weighted by atomic mass is 10.00. The van der Waals surface area contributed by atoms with Crippen molar-refractivity contribution in [2.75, 3.05) is 18.6 Å². The Bertz CT molecular complexity index is 5400. The summed E-state index contributed by atoms with van der Waals surface area (Å²) in [6.45, 7) is 1.08. The van der Waals surface area contributed by atoms with Gasteiger partial charge in [0, 0.05) is 121 Å². The Morgan fingerprint density at radius 3 is 1.23 bits per heavy atom. The number of H-pyrrole nitrogens is 6. The number of amides is 13. The fourth-order valence-corrected chi connectivity index (χ4v) is 15.0. The molecule has 0 aliphatic carbocycles. The van der Waals surface area contributed by atoms with Crippen LogP contribution in [0.5, 0.6) is 5.75 Å². The summed E-state index contributed by atoms with van der Waals surface area (Å²) < 4.78 is 0. The number of nitrogens with one attached hydrogen (secondary N) is 16. The number of fused-ring (bicyclic) bond motifs is 3. The number of imidazole rings is 3. The summed E-state index contributed by atoms with van der Waals surface area (Å²) >= 11 is 1.34. The Kier molecular flexibility index (Phi) is 30.7. The van der Waals surface area contributed by atoms with E-state index >= 15 is 28.8 Å². The van der Waals surface area contributed by atoms with Gasteiger partial charge in [-0.25, -0.2) is 19.7 Å². The van der Waals surface area contributed by atoms with Gasteiger partial charge in [-0.1, -0.05) is 66.7 Å². The molecular weight excluding hydrogens is 1610 g/mol. The highest BCUT2D eigenvalue weighted by atomic mass is 32.2. The van der Waals surface area contributed by atoms with Crippen LogP contribution in [0.3, 0.4) is 0 Å². The van der Waals surface area contributed by atoms with E-state index in [2.05, 4.69) is 98.0 Å². The predicted octanol–water partition coefficient (Wildman–Crippen LogP) is -1.86. The van der Waals surface area contributed by atoms with Crippen molar-refractivity contribution in [3.8, 4) is 5.75 Å². The van der Waals surface area contributed by atoms with Crippen LogP contribution in [-0.2, 0) is 112 Å². The molecule has 13 atom stereocenters. The van der Waals surface area contributed by atoms with E-state index in [1.807, 2.05) is 0 Å². The van der Waals surface area contributed by atoms with Gasteiger partial charge in [-0.2, -0.15) is 11.8 Å². The summed E-state index contributed by atoms with van der Waals surface area (Å²) in [7, 11) is 0. The van der Waals surface area contributed by atoms with Crippen LogP contribution >= 0.6 is 11.8 Å². The summed E-state index contributed by atoms with van der Waals surface area (Å²) in [4.78, 5) is 232. The smallest absolute Gasteiger partial charge is 0.328 e. The number of carbonyl (C=O) groups is 14. The third kappa shape index (κ3) is 24.3. The zero-order valence-electron chi connectivity index (χ0n) is 66.8. The minimum Gasteiger partial charge on any atom is -0.508 e. The van der Waals surface area contributed by atoms with Gasteiger partial charge in [-0.3, -0.25) is 62.3 Å². The van der Waals surface area contributed by atoms with E-state index in [9.17, 15) is 53.7 Å². The Morgan fingerprint density at radius 1 is 0.463 bits per heavy atom. The molecule has 7 heterocycles. The molecule has 1 aliphatic rings. The number of aromatic nitrogens is 9. The van der Waals surface area contributed by atoms with Crippen LogP contribution < -0.4 is 70.4 Å². The van der Waals surface area contributed by atoms with Gasteiger partial charge in [-0.15, -0.1) is 0 Å². The third-order valence-electron chi connectivity index (χ3n) is 20.9. The van der Waals surface area contributed by atoms with Crippen LogP contribution in [0.25, 0.3) is 32.7 Å². The fourth-order valence-electron chi connectivity index (χ4n) is 14.5. The van der Waals surface area contributed by atoms with Gasteiger partial charge >= 0.3 is 5.97 Å². The summed E-state index contributed by atoms with van der Waals surface area (Å²) in [5.74, 6) is -14.1. The number of nitrogens with zero attached hydrogens (tertiary/aromatic N) is 4. The molecule has 123 heavy (non-hydrogen) atoms. The molecule has 40 nitrogen and oxygen atoms in total. The number of para-hydroxylation sites is 3. The summed E-state index contributed by atoms with van der Waals surface area (Å²) in [6, 6.07) is 8.07. The van der Waals surface area contributed by atoms with E-state index in [0.717, 1.165) is 6.92 Å². The number of hydrogen-bond acceptors (Lipinski definition) is 21. The van der Waals surface area contributed by atoms with Crippen molar-refractivity contribution < 1.29 is 82.4 Å². The van der Waals surface area contributed by atoms with Crippen LogP contribution in [0.2, 0.25) is 0 Å². The molecule has 25 N–H and O–H groups in total. The number of likely N-dealkylation sites (tertiary alicyclic amines) is 1. The predicted molar refractivity (Wildman–Crippen MR) is 447 cm³/mol. The zero-order valence-corrected chi connectivity index (χ0v) is 67.6. The number of phenols is 1. The second-order valence-corrected chi connectivity index (χ2v) is 30.9. The highest BCUT2D eigenvalue weighted by Crippen LogP contribution is 2.26. The van der Waals surface area contributed by atoms with Gasteiger partial charge in [0.25, 0.3) is 0 Å². The van der Waals surface area contributed by atoms with Crippen molar-refractivity contribution in [3.05, 3.63) is 193 Å². The number of aliphatic hydroxyl groups excluding tert-OH is 1. The minimum absolute atomic E-state index is 0.0175. The molecule has 0 bridgehead atoms. The van der Waals surface area contributed by atoms with Gasteiger partial charge < -0.3 is 120 Å². The average Bonchev–Trinajstić information content (AvgIpc) is 1.67. The van der Waals surface area contributed by atoms with Crippen molar-refractivity contribution in [1.29, 1.82) is 0 Å². The van der Waals surface area contributed by atoms with E-state index in [1.54, 1.807) is 97.6 Å². The first-order valence-electron chi connectivity index (χ1n) is 39.5. The molecule has 1 aliphatic heterocycles. The normalized spacial score (nSPS) is 15.5. The van der Waals surface area contributed by atoms with Crippen molar-refractivity contribution in [2.45, 2.75) is 163 Å². The van der Waals surface area contributed by atoms with Gasteiger partial charge in [0.2, 0.25) is 76.8 Å². The highest BCUT2D eigenvalue weighted by Gasteiger charge is 2.42. The molecule has 648 valence electrons. The maximum Gasteiger partial charge on any atom is 0.328 e. The first kappa shape index (κ1) is 89.6. The number of carbonyl (C=O) groups excluding carboxylic acids is 13. The number of rotatable bonds is 44. The maximum atomic E-state index is 15.8. The van der Waals surface area contributed by atoms with E-state index < -0.39 is 174 Å². The van der Waals surface area contributed by atoms with Crippen LogP contribution in [0.4, 0.5) is 0 Å². The van der Waals surface area contributed by atoms with E-state index in [0.29, 0.717) is 60.7 Å². The minimum atomic E-state index is -1.87. The number of thioether (sulfide) groups is 1. The fraction of sp³-hybridized carbons (Fsp3) is 0.354. The molecule has 13 amide bonds. The quantitative estimate of drug-likeness (QED) is 0.0199. The molecule has 6 aromatic heterocycles. The summed E-state index contributed by atoms with van der Waals surface area (Å²) in [5, 5.41) is 58.5. The molecule has 1 saturated heterocycles. The average molecular weight is 1710 g/mol. The van der Waals surface area contributed by atoms with Gasteiger partial charge in [0.1, 0.15) is 66.2 Å². The molecule has 1 fully saturated rings. The SMILES string of the molecule is CSCC[C@H](NC(=O)[C@H](Cc1c[nH]c2ccccc12)NC(=O)[C@H](Cc1c[nH]c2ccccc12)NC(=O)[C@H](Cc1c[nH]cn1)NC(=O)[C@H](Cc1ccc(O)cc1)NC(=O)[C@H](Cc1c[nH]c2ccccc12)NC(=O)[C@H](CC(N)=O)NC(=O)[C@@H](N)Cc1c[nH]cn1)C(=O)N1CCC[C@H]1C(=O)N[C@@H](Cc1c[nH]cn1)C(=O)N[C@@H](CC(N)=O)C(=O)N[C@H](C(=O)O)[C@@H](C)O. The number of hydrogen-bond donors (Lipinski definition) is 22. The zero-order chi connectivity index (χ0) is 88.0. The lowest BCUT2D eigenvalue weighted by Crippen LogP contribution is -2.62. The first-order valence-corrected chi connectivity index (χ1v) is 40.9. The van der Waals surface area contributed by atoms with E-state index in [4.69, 9.17) is 17.2 Å². The Labute approximate surface area is 705 Å². The van der Waals surface area contributed by atoms with E-state index in [-0.39, 0.29) is 93.6 Å². The topological polar surface area (TPSA) is 635 Å². The Morgan fingerprint density at radius 2 is 0.829 bits per heavy atom. The first-order chi connectivity index (χ1) is 59.1. The molecule has 10 aromatic rings. The van der Waals surface area contributed by atoms with E-state index in [1.165, 1.54) is 78.5 Å². The largest absolute Gasteiger partial charge is 0.508 e. The molecule has 41 heteroatoms. The molecule has 0 radical (unpaired) electrons. The van der Waals surface area contributed by atoms with Gasteiger partial charge in [-0.05, 0) is 90.8 Å². The van der Waals surface area contributed by atoms with Crippen molar-refractivity contribution >= 4 is 127 Å². The number of phenolic OH excluding ortho intramolecular Hbond substituents is 1. The molecular formula is C82H97N23O17S. The number of primary amides is 2. The maximum absolute atomic E-state index is 15.8. The Hall–Kier alpha value is -14.2. The number of aliphatic carboxylic acids is 1. The number of carboxylic acids is 1. The summed E-state index contributed by atoms with van der Waals surface area (Å²) in [5.41, 5.74) is 22.1. The van der Waals surface area contributed by atoms with Crippen LogP contribution in [0.1, 0.15) is 78.4 Å². The number of carboxylic acid groups (broad SMARTS) is 1. The molecule has 11 rings (SSSR count). The summed E-state index contributed by atoms with van der Waals surface area (Å²) in [6.07, 6.45) is 10.3. The Balaban J connectivity index is 0.874. The van der Waals surface area contributed by atoms with Crippen LogP contribution in [0, 0.1) is 0 Å². The molecule has 0 unspecified atom stereocenters. The lowest BCUT2D eigenvalue weighted by molar-refractivity contribution is -0.145. The second-order valence-electron chi connectivity index (χ2n) is 29.9. The lowest BCUT2D eigenvalue weighted by Gasteiger charge is -2.31. The molecule has 4 aromatic carbocycles. The standard InChI is InChI=1S/C82H97N23O17S/c1-42(106)70(82(121)122)104-79(118)66(32-69(85)109)102-77(116)64(30-49-38-88-41-94-49)103-80(119)67-16-9-22-105(67)81(120)58(21-23-123-2)95-73(112)60(25-44-33-89-55-13-6-3-10-51(44)55)98-75(114)62(27-46-35-91-57-15-8-5-12-53(46)57)99-76(115)63(29-48-37-87-40-93-48)101-72(111)59(24-43-17-19-50(107)20-18-43)97-74(113)61(26-45-34-90-56-14-7-4-11-52(45)56)100-78(117)65(31-68(84)108)96-71(110)54(83)28-47-36-86-39-92-47/h3-8,10-15,17-20,33-42,54,58-67,70,89-91,106-107H,9,16,21-32,83H2,1-2H3,(H2,84,108)(H2,85,109)(H,86,92)(H,87,93)(H,88,94)(H,95,112)(H,96,110)(H,97,113)(H,98,114)(H,99,115)(H,100,117)(H,101,111)(H,102,116)(H,103,119)(H,104,118)(H,121,122)/t42-,54+,58+,59+,60+,61+,62+,63+,64+,65+,66+,67+,70+/m1/s1. The van der Waals surface area contributed by atoms with Crippen LogP contribution in [0.15, 0.2) is 153 Å². The number of aromatic amines is 6. The number of aromatic hydroxyl groups is 1. The number of aliphatic hydroxyl groups is 1. The monoisotopic (exact) mass is 1710 g/mol. The number of benzene rings is 4. The molecule has 0 saturated carbocycles.